The van der Waals surface area contributed by atoms with Gasteiger partial charge in [-0.2, -0.15) is 0 Å². The molecule has 2 rings (SSSR count). The van der Waals surface area contributed by atoms with Crippen LogP contribution in [0.15, 0.2) is 24.4 Å². The molecular weight excluding hydrogens is 242 g/mol. The Morgan fingerprint density at radius 1 is 1.50 bits per heavy atom. The minimum atomic E-state index is 0.549. The van der Waals surface area contributed by atoms with Gasteiger partial charge in [-0.15, -0.1) is 11.3 Å². The van der Waals surface area contributed by atoms with Crippen molar-refractivity contribution in [2.45, 2.75) is 13.5 Å². The first-order valence-corrected chi connectivity index (χ1v) is 6.05. The predicted octanol–water partition coefficient (Wildman–Crippen LogP) is 3.30. The van der Waals surface area contributed by atoms with E-state index in [-0.39, 0.29) is 0 Å². The van der Waals surface area contributed by atoms with Gasteiger partial charge in [0.25, 0.3) is 0 Å². The molecule has 0 atom stereocenters. The van der Waals surface area contributed by atoms with Crippen molar-refractivity contribution in [3.05, 3.63) is 39.2 Å². The molecule has 0 radical (unpaired) electrons. The molecule has 0 unspecified atom stereocenters. The molecule has 2 heterocycles. The Morgan fingerprint density at radius 3 is 2.94 bits per heavy atom. The maximum atomic E-state index is 6.00. The van der Waals surface area contributed by atoms with Crippen molar-refractivity contribution < 1.29 is 0 Å². The number of rotatable bonds is 3. The Hall–Kier alpha value is -1.26. The summed E-state index contributed by atoms with van der Waals surface area (Å²) >= 11 is 7.76. The number of nitrogens with two attached hydrogens (primary N) is 1. The third-order valence-corrected chi connectivity index (χ3v) is 3.38. The van der Waals surface area contributed by atoms with E-state index in [2.05, 4.69) is 29.4 Å². The third-order valence-electron chi connectivity index (χ3n) is 2.09. The lowest BCUT2D eigenvalue weighted by atomic mass is 10.4. The van der Waals surface area contributed by atoms with Crippen LogP contribution >= 0.6 is 22.9 Å². The summed E-state index contributed by atoms with van der Waals surface area (Å²) in [6, 6.07) is 5.88. The quantitative estimate of drug-likeness (QED) is 0.883. The average molecular weight is 254 g/mol. The second-order valence-corrected chi connectivity index (χ2v) is 5.24. The van der Waals surface area contributed by atoms with Crippen molar-refractivity contribution in [3.8, 4) is 0 Å². The fourth-order valence-corrected chi connectivity index (χ4v) is 2.41. The molecule has 16 heavy (non-hydrogen) atoms. The van der Waals surface area contributed by atoms with Crippen molar-refractivity contribution in [3.63, 3.8) is 0 Å². The molecule has 0 saturated carbocycles. The number of nitrogen functional groups attached to an aromatic ring is 1. The fraction of sp³-hybridized carbons (Fsp3) is 0.182. The van der Waals surface area contributed by atoms with Gasteiger partial charge in [0.2, 0.25) is 0 Å². The van der Waals surface area contributed by atoms with Gasteiger partial charge in [0.15, 0.2) is 0 Å². The van der Waals surface area contributed by atoms with E-state index in [9.17, 15) is 0 Å². The van der Waals surface area contributed by atoms with Crippen molar-refractivity contribution >= 4 is 34.4 Å². The molecule has 2 aromatic heterocycles. The number of hydrogen-bond donors (Lipinski definition) is 2. The summed E-state index contributed by atoms with van der Waals surface area (Å²) in [5.74, 6) is 0.668. The summed E-state index contributed by atoms with van der Waals surface area (Å²) < 4.78 is 0. The van der Waals surface area contributed by atoms with Crippen LogP contribution in [0.5, 0.6) is 0 Å². The molecule has 0 aliphatic carbocycles. The van der Waals surface area contributed by atoms with Crippen molar-refractivity contribution in [1.29, 1.82) is 0 Å². The van der Waals surface area contributed by atoms with E-state index in [1.54, 1.807) is 23.6 Å². The first kappa shape index (κ1) is 11.2. The number of hydrogen-bond acceptors (Lipinski definition) is 4. The lowest BCUT2D eigenvalue weighted by molar-refractivity contribution is 1.14. The van der Waals surface area contributed by atoms with Crippen LogP contribution in [0.1, 0.15) is 9.75 Å². The molecule has 3 nitrogen and oxygen atoms in total. The lowest BCUT2D eigenvalue weighted by Gasteiger charge is -2.06. The highest BCUT2D eigenvalue weighted by atomic mass is 35.5. The van der Waals surface area contributed by atoms with Gasteiger partial charge < -0.3 is 11.1 Å². The largest absolute Gasteiger partial charge is 0.397 e. The van der Waals surface area contributed by atoms with E-state index in [4.69, 9.17) is 17.3 Å². The Bertz CT molecular complexity index is 496. The molecule has 3 N–H and O–H groups in total. The molecule has 0 amide bonds. The SMILES string of the molecule is Cc1ccc(CNc2ncc(N)cc2Cl)s1. The van der Waals surface area contributed by atoms with Gasteiger partial charge in [-0.3, -0.25) is 0 Å². The van der Waals surface area contributed by atoms with Crippen molar-refractivity contribution in [2.24, 2.45) is 0 Å². The molecule has 0 aromatic carbocycles. The second kappa shape index (κ2) is 4.72. The van der Waals surface area contributed by atoms with Crippen LogP contribution in [0.25, 0.3) is 0 Å². The number of thiophene rings is 1. The Morgan fingerprint density at radius 2 is 2.31 bits per heavy atom. The molecule has 0 fully saturated rings. The zero-order valence-corrected chi connectivity index (χ0v) is 10.4. The third kappa shape index (κ3) is 2.65. The number of aryl methyl sites for hydroxylation is 1. The summed E-state index contributed by atoms with van der Waals surface area (Å²) in [7, 11) is 0. The highest BCUT2D eigenvalue weighted by Crippen LogP contribution is 2.22. The molecule has 2 aromatic rings. The standard InChI is InChI=1S/C11H12ClN3S/c1-7-2-3-9(16-7)6-15-11-10(12)4-8(13)5-14-11/h2-5H,6,13H2,1H3,(H,14,15). The Kier molecular flexibility index (Phi) is 3.31. The van der Waals surface area contributed by atoms with Crippen LogP contribution in [-0.4, -0.2) is 4.98 Å². The maximum Gasteiger partial charge on any atom is 0.145 e. The number of halogens is 1. The summed E-state index contributed by atoms with van der Waals surface area (Å²) in [5, 5.41) is 3.73. The highest BCUT2D eigenvalue weighted by Gasteiger charge is 2.02. The summed E-state index contributed by atoms with van der Waals surface area (Å²) in [5.41, 5.74) is 6.14. The molecule has 0 saturated heterocycles. The molecule has 0 aliphatic heterocycles. The smallest absolute Gasteiger partial charge is 0.145 e. The van der Waals surface area contributed by atoms with E-state index < -0.39 is 0 Å². The van der Waals surface area contributed by atoms with Crippen LogP contribution in [0.4, 0.5) is 11.5 Å². The highest BCUT2D eigenvalue weighted by molar-refractivity contribution is 7.11. The molecule has 0 aliphatic rings. The molecule has 84 valence electrons. The van der Waals surface area contributed by atoms with E-state index in [0.717, 1.165) is 6.54 Å². The number of pyridine rings is 1. The number of nitrogens with zero attached hydrogens (tertiary/aromatic N) is 1. The van der Waals surface area contributed by atoms with Crippen LogP contribution in [0.3, 0.4) is 0 Å². The molecule has 5 heteroatoms. The van der Waals surface area contributed by atoms with Gasteiger partial charge in [-0.05, 0) is 25.1 Å². The van der Waals surface area contributed by atoms with Gasteiger partial charge in [0, 0.05) is 9.75 Å². The van der Waals surface area contributed by atoms with E-state index in [1.165, 1.54) is 9.75 Å². The lowest BCUT2D eigenvalue weighted by Crippen LogP contribution is -2.01. The number of aromatic nitrogens is 1. The predicted molar refractivity (Wildman–Crippen MR) is 70.0 cm³/mol. The zero-order valence-electron chi connectivity index (χ0n) is 8.83. The van der Waals surface area contributed by atoms with Gasteiger partial charge >= 0.3 is 0 Å². The van der Waals surface area contributed by atoms with Crippen LogP contribution < -0.4 is 11.1 Å². The second-order valence-electron chi connectivity index (χ2n) is 3.46. The van der Waals surface area contributed by atoms with Gasteiger partial charge in [-0.25, -0.2) is 4.98 Å². The summed E-state index contributed by atoms with van der Waals surface area (Å²) in [4.78, 5) is 6.69. The molecular formula is C11H12ClN3S. The topological polar surface area (TPSA) is 50.9 Å². The minimum absolute atomic E-state index is 0.549. The van der Waals surface area contributed by atoms with Gasteiger partial charge in [0.1, 0.15) is 5.82 Å². The van der Waals surface area contributed by atoms with Gasteiger partial charge in [0.05, 0.1) is 23.5 Å². The number of anilines is 2. The van der Waals surface area contributed by atoms with Crippen LogP contribution in [0.2, 0.25) is 5.02 Å². The minimum Gasteiger partial charge on any atom is -0.397 e. The zero-order chi connectivity index (χ0) is 11.5. The normalized spacial score (nSPS) is 10.4. The van der Waals surface area contributed by atoms with E-state index in [1.807, 2.05) is 0 Å². The van der Waals surface area contributed by atoms with Crippen molar-refractivity contribution in [2.75, 3.05) is 11.1 Å². The van der Waals surface area contributed by atoms with E-state index in [0.29, 0.717) is 16.5 Å². The Balaban J connectivity index is 2.04. The monoisotopic (exact) mass is 253 g/mol. The first-order chi connectivity index (χ1) is 7.65. The summed E-state index contributed by atoms with van der Waals surface area (Å²) in [6.45, 7) is 2.82. The van der Waals surface area contributed by atoms with E-state index >= 15 is 0 Å². The van der Waals surface area contributed by atoms with Crippen LogP contribution in [0, 0.1) is 6.92 Å². The number of nitrogens with one attached hydrogen (secondary N) is 1. The van der Waals surface area contributed by atoms with Crippen molar-refractivity contribution in [1.82, 2.24) is 4.98 Å². The summed E-state index contributed by atoms with van der Waals surface area (Å²) in [6.07, 6.45) is 1.59. The Labute approximate surface area is 103 Å². The molecule has 0 spiro atoms. The maximum absolute atomic E-state index is 6.00. The van der Waals surface area contributed by atoms with Gasteiger partial charge in [-0.1, -0.05) is 11.6 Å². The average Bonchev–Trinajstić information content (AvgIpc) is 2.63. The van der Waals surface area contributed by atoms with Crippen LogP contribution in [-0.2, 0) is 6.54 Å². The fourth-order valence-electron chi connectivity index (χ4n) is 1.33. The molecule has 0 bridgehead atoms. The first-order valence-electron chi connectivity index (χ1n) is 4.85.